The lowest BCUT2D eigenvalue weighted by Gasteiger charge is -2.03. The number of hydrogen-bond donors (Lipinski definition) is 5. The second-order valence-electron chi connectivity index (χ2n) is 11.4. The molecular weight excluding hydrogens is 818 g/mol. The number of halogens is 4. The third-order valence-electron chi connectivity index (χ3n) is 8.17. The summed E-state index contributed by atoms with van der Waals surface area (Å²) in [6.45, 7) is 1.98. The largest absolute Gasteiger partial charge is 0.477 e. The fourth-order valence-corrected chi connectivity index (χ4v) is 9.30. The molecule has 0 unspecified atom stereocenters. The minimum absolute atomic E-state index is 0.110. The Bertz CT molecular complexity index is 2880. The van der Waals surface area contributed by atoms with E-state index in [0.717, 1.165) is 20.7 Å². The molecule has 0 bridgehead atoms. The van der Waals surface area contributed by atoms with Crippen molar-refractivity contribution < 1.29 is 29.0 Å². The van der Waals surface area contributed by atoms with E-state index in [2.05, 4.69) is 19.9 Å². The van der Waals surface area contributed by atoms with Gasteiger partial charge in [-0.15, -0.1) is 22.7 Å². The van der Waals surface area contributed by atoms with Gasteiger partial charge in [-0.2, -0.15) is 0 Å². The Kier molecular flexibility index (Phi) is 10.00. The number of carboxylic acid groups (broad SMARTS) is 1. The first-order chi connectivity index (χ1) is 25.8. The zero-order valence-electron chi connectivity index (χ0n) is 27.3. The molecule has 8 rings (SSSR count). The van der Waals surface area contributed by atoms with Crippen LogP contribution >= 0.6 is 69.1 Å². The summed E-state index contributed by atoms with van der Waals surface area (Å²) in [4.78, 5) is 63.0. The molecule has 12 nitrogen and oxygen atoms in total. The predicted octanol–water partition coefficient (Wildman–Crippen LogP) is 9.58. The highest BCUT2D eigenvalue weighted by atomic mass is 35.5. The molecule has 0 saturated carbocycles. The van der Waals surface area contributed by atoms with Crippen molar-refractivity contribution in [2.45, 2.75) is 6.92 Å². The standard InChI is InChI=1S/C19H13Cl2N3O3S.C17H9Cl2N3O3S/c1-2-27-19(26)16-13(12-9(20)4-3-5-11(12)28-16)18-23-10-7-6-8(17(22)25)14(21)15(10)24-18;18-7-2-1-3-9-10(7)11(14(26-9)17(24)25)16-21-8-5-4-6(15(20)23)12(19)13(8)22-16/h3-7H,2H2,1H3,(H2,22,25)(H,23,24);1-5H,(H2,20,23)(H,21,22)(H,24,25). The number of esters is 1. The van der Waals surface area contributed by atoms with E-state index >= 15 is 0 Å². The van der Waals surface area contributed by atoms with Crippen molar-refractivity contribution in [2.75, 3.05) is 6.61 Å². The van der Waals surface area contributed by atoms with E-state index in [9.17, 15) is 24.3 Å². The number of aromatic amines is 2. The van der Waals surface area contributed by atoms with Crippen molar-refractivity contribution in [1.29, 1.82) is 0 Å². The topological polar surface area (TPSA) is 207 Å². The highest BCUT2D eigenvalue weighted by molar-refractivity contribution is 7.22. The first-order valence-corrected chi connectivity index (χ1v) is 18.7. The van der Waals surface area contributed by atoms with E-state index < -0.39 is 23.8 Å². The van der Waals surface area contributed by atoms with Crippen molar-refractivity contribution in [3.05, 3.63) is 102 Å². The SMILES string of the molecule is CCOC(=O)c1sc2cccc(Cl)c2c1-c1nc2c(Cl)c(C(N)=O)ccc2[nH]1.NC(=O)c1ccc2[nH]c(-c3c(C(=O)O)sc4cccc(Cl)c34)nc2c1Cl. The summed E-state index contributed by atoms with van der Waals surface area (Å²) in [6, 6.07) is 17.0. The number of thiophene rings is 2. The number of H-pyrrole nitrogens is 2. The van der Waals surface area contributed by atoms with Gasteiger partial charge in [0.15, 0.2) is 0 Å². The van der Waals surface area contributed by atoms with Crippen LogP contribution in [0.5, 0.6) is 0 Å². The average molecular weight is 841 g/mol. The number of imidazole rings is 2. The number of nitrogens with zero attached hydrogens (tertiary/aromatic N) is 2. The van der Waals surface area contributed by atoms with Crippen LogP contribution in [0.4, 0.5) is 0 Å². The van der Waals surface area contributed by atoms with Crippen LogP contribution in [-0.4, -0.2) is 55.4 Å². The van der Waals surface area contributed by atoms with Crippen LogP contribution in [0.1, 0.15) is 47.0 Å². The number of rotatable bonds is 7. The number of carboxylic acids is 1. The summed E-state index contributed by atoms with van der Waals surface area (Å²) in [5.74, 6) is -2.15. The molecule has 2 amide bonds. The Morgan fingerprint density at radius 2 is 1.15 bits per heavy atom. The third kappa shape index (κ3) is 6.40. The van der Waals surface area contributed by atoms with Gasteiger partial charge < -0.3 is 31.3 Å². The summed E-state index contributed by atoms with van der Waals surface area (Å²) >= 11 is 27.7. The molecule has 18 heteroatoms. The molecule has 0 aliphatic heterocycles. The minimum atomic E-state index is -1.08. The highest BCUT2D eigenvalue weighted by Crippen LogP contribution is 2.44. The van der Waals surface area contributed by atoms with Gasteiger partial charge in [-0.25, -0.2) is 19.6 Å². The van der Waals surface area contributed by atoms with E-state index in [1.54, 1.807) is 43.3 Å². The first-order valence-electron chi connectivity index (χ1n) is 15.6. The van der Waals surface area contributed by atoms with Gasteiger partial charge in [0.2, 0.25) is 11.8 Å². The van der Waals surface area contributed by atoms with Gasteiger partial charge in [-0.3, -0.25) is 9.59 Å². The second-order valence-corrected chi connectivity index (χ2v) is 15.1. The zero-order valence-corrected chi connectivity index (χ0v) is 32.0. The molecule has 4 aromatic heterocycles. The van der Waals surface area contributed by atoms with Gasteiger partial charge in [0, 0.05) is 20.2 Å². The van der Waals surface area contributed by atoms with Crippen LogP contribution in [0.15, 0.2) is 60.7 Å². The summed E-state index contributed by atoms with van der Waals surface area (Å²) < 4.78 is 6.77. The molecule has 0 aliphatic rings. The average Bonchev–Trinajstić information content (AvgIpc) is 3.91. The fraction of sp³-hybridized carbons (Fsp3) is 0.0556. The Hall–Kier alpha value is -5.22. The number of aromatic carboxylic acids is 1. The summed E-state index contributed by atoms with van der Waals surface area (Å²) in [5.41, 5.74) is 13.8. The Morgan fingerprint density at radius 3 is 1.57 bits per heavy atom. The molecule has 272 valence electrons. The van der Waals surface area contributed by atoms with E-state index in [1.807, 2.05) is 12.1 Å². The summed E-state index contributed by atoms with van der Waals surface area (Å²) in [6.07, 6.45) is 0. The van der Waals surface area contributed by atoms with Gasteiger partial charge in [0.05, 0.1) is 60.0 Å². The molecule has 7 N–H and O–H groups in total. The number of nitrogens with two attached hydrogens (primary N) is 2. The quantitative estimate of drug-likeness (QED) is 0.0974. The molecule has 4 heterocycles. The molecule has 54 heavy (non-hydrogen) atoms. The number of primary amides is 2. The zero-order chi connectivity index (χ0) is 38.6. The normalized spacial score (nSPS) is 11.3. The van der Waals surface area contributed by atoms with Gasteiger partial charge in [0.1, 0.15) is 32.4 Å². The lowest BCUT2D eigenvalue weighted by Crippen LogP contribution is -2.11. The van der Waals surface area contributed by atoms with Crippen LogP contribution < -0.4 is 11.5 Å². The number of aromatic nitrogens is 4. The molecule has 4 aromatic carbocycles. The number of ether oxygens (including phenoxy) is 1. The molecular formula is C36H22Cl4N6O6S2. The minimum Gasteiger partial charge on any atom is -0.477 e. The number of fused-ring (bicyclic) bond motifs is 4. The first kappa shape index (κ1) is 37.1. The van der Waals surface area contributed by atoms with Gasteiger partial charge in [0.25, 0.3) is 0 Å². The van der Waals surface area contributed by atoms with Crippen molar-refractivity contribution in [1.82, 2.24) is 19.9 Å². The van der Waals surface area contributed by atoms with Crippen LogP contribution in [0, 0.1) is 0 Å². The van der Waals surface area contributed by atoms with E-state index in [4.69, 9.17) is 62.6 Å². The number of benzene rings is 4. The predicted molar refractivity (Wildman–Crippen MR) is 214 cm³/mol. The van der Waals surface area contributed by atoms with Crippen molar-refractivity contribution in [2.24, 2.45) is 11.5 Å². The lowest BCUT2D eigenvalue weighted by atomic mass is 10.1. The molecule has 0 aliphatic carbocycles. The van der Waals surface area contributed by atoms with Gasteiger partial charge in [-0.1, -0.05) is 58.5 Å². The second kappa shape index (κ2) is 14.5. The maximum absolute atomic E-state index is 12.6. The lowest BCUT2D eigenvalue weighted by molar-refractivity contribution is 0.0532. The molecule has 8 aromatic rings. The van der Waals surface area contributed by atoms with E-state index in [-0.39, 0.29) is 32.7 Å². The van der Waals surface area contributed by atoms with Crippen LogP contribution in [0.2, 0.25) is 20.1 Å². The van der Waals surface area contributed by atoms with Crippen LogP contribution in [0.3, 0.4) is 0 Å². The van der Waals surface area contributed by atoms with E-state index in [0.29, 0.717) is 70.5 Å². The maximum atomic E-state index is 12.6. The highest BCUT2D eigenvalue weighted by Gasteiger charge is 2.27. The number of carbonyl (C=O) groups excluding carboxylic acids is 3. The monoisotopic (exact) mass is 838 g/mol. The molecule has 0 saturated heterocycles. The Balaban J connectivity index is 0.000000167. The van der Waals surface area contributed by atoms with Crippen LogP contribution in [-0.2, 0) is 4.74 Å². The Labute approximate surface area is 331 Å². The molecule has 0 spiro atoms. The molecule has 0 fully saturated rings. The van der Waals surface area contributed by atoms with E-state index in [1.165, 1.54) is 23.5 Å². The van der Waals surface area contributed by atoms with Crippen molar-refractivity contribution >= 4 is 135 Å². The van der Waals surface area contributed by atoms with Crippen molar-refractivity contribution in [3.63, 3.8) is 0 Å². The summed E-state index contributed by atoms with van der Waals surface area (Å²) in [5, 5.41) is 12.1. The van der Waals surface area contributed by atoms with Gasteiger partial charge in [-0.05, 0) is 55.5 Å². The molecule has 0 radical (unpaired) electrons. The number of carbonyl (C=O) groups is 4. The van der Waals surface area contributed by atoms with Gasteiger partial charge >= 0.3 is 11.9 Å². The summed E-state index contributed by atoms with van der Waals surface area (Å²) in [7, 11) is 0. The smallest absolute Gasteiger partial charge is 0.349 e. The third-order valence-corrected chi connectivity index (χ3v) is 11.8. The number of nitrogens with one attached hydrogen (secondary N) is 2. The fourth-order valence-electron chi connectivity index (χ4n) is 5.86. The van der Waals surface area contributed by atoms with Crippen LogP contribution in [0.25, 0.3) is 65.0 Å². The van der Waals surface area contributed by atoms with Crippen molar-refractivity contribution in [3.8, 4) is 22.8 Å². The Morgan fingerprint density at radius 1 is 0.704 bits per heavy atom. The molecule has 0 atom stereocenters. The number of hydrogen-bond acceptors (Lipinski definition) is 9. The maximum Gasteiger partial charge on any atom is 0.349 e. The number of amides is 2.